The Morgan fingerprint density at radius 3 is 2.22 bits per heavy atom. The van der Waals surface area contributed by atoms with Gasteiger partial charge in [0, 0.05) is 17.0 Å². The highest BCUT2D eigenvalue weighted by Crippen LogP contribution is 2.64. The summed E-state index contributed by atoms with van der Waals surface area (Å²) in [5, 5.41) is 23.3. The number of benzene rings is 2. The number of ether oxygens (including phenoxy) is 2. The minimum atomic E-state index is -2.15. The van der Waals surface area contributed by atoms with Gasteiger partial charge in [-0.3, -0.25) is 14.4 Å². The molecule has 0 radical (unpaired) electrons. The van der Waals surface area contributed by atoms with Crippen molar-refractivity contribution < 1.29 is 34.1 Å². The van der Waals surface area contributed by atoms with E-state index in [0.717, 1.165) is 5.56 Å². The van der Waals surface area contributed by atoms with Crippen molar-refractivity contribution in [2.24, 2.45) is 22.7 Å². The SMILES string of the molecule is Cc1c(O)c2c(c3c1OC1(O)C(C(=O)C(C)(C)C(=O)C1(C)C)C3C(C)C)OC(c1ccccc1)CC2=O. The molecule has 2 N–H and O–H groups in total. The van der Waals surface area contributed by atoms with Crippen LogP contribution >= 0.6 is 0 Å². The highest BCUT2D eigenvalue weighted by molar-refractivity contribution is 6.13. The molecule has 1 aliphatic carbocycles. The summed E-state index contributed by atoms with van der Waals surface area (Å²) < 4.78 is 12.7. The molecular formula is C30H34O7. The molecule has 3 aliphatic rings. The smallest absolute Gasteiger partial charge is 0.230 e. The number of carbonyl (C=O) groups excluding carboxylic acids is 3. The van der Waals surface area contributed by atoms with Crippen LogP contribution in [-0.4, -0.2) is 33.3 Å². The van der Waals surface area contributed by atoms with Crippen molar-refractivity contribution in [1.82, 2.24) is 0 Å². The normalized spacial score (nSPS) is 29.6. The van der Waals surface area contributed by atoms with E-state index in [9.17, 15) is 24.6 Å². The number of Topliss-reactive ketones (excluding diaryl/α,β-unsaturated/α-hetero) is 3. The van der Waals surface area contributed by atoms with Gasteiger partial charge >= 0.3 is 0 Å². The first-order valence-electron chi connectivity index (χ1n) is 12.8. The van der Waals surface area contributed by atoms with E-state index in [1.807, 2.05) is 44.2 Å². The summed E-state index contributed by atoms with van der Waals surface area (Å²) in [6.07, 6.45) is -0.533. The summed E-state index contributed by atoms with van der Waals surface area (Å²) in [7, 11) is 0. The Morgan fingerprint density at radius 2 is 1.62 bits per heavy atom. The molecule has 0 saturated heterocycles. The van der Waals surface area contributed by atoms with E-state index in [-0.39, 0.29) is 46.5 Å². The molecule has 1 saturated carbocycles. The summed E-state index contributed by atoms with van der Waals surface area (Å²) in [4.78, 5) is 40.9. The van der Waals surface area contributed by atoms with E-state index in [4.69, 9.17) is 9.47 Å². The van der Waals surface area contributed by atoms with Crippen LogP contribution in [-0.2, 0) is 9.59 Å². The number of carbonyl (C=O) groups is 3. The van der Waals surface area contributed by atoms with E-state index >= 15 is 0 Å². The highest BCUT2D eigenvalue weighted by atomic mass is 16.6. The van der Waals surface area contributed by atoms with Crippen LogP contribution in [0, 0.1) is 29.6 Å². The molecule has 0 bridgehead atoms. The molecule has 2 heterocycles. The Balaban J connectivity index is 1.81. The molecule has 4 atom stereocenters. The van der Waals surface area contributed by atoms with Gasteiger partial charge in [0.15, 0.2) is 17.3 Å². The zero-order valence-electron chi connectivity index (χ0n) is 22.3. The fraction of sp³-hybridized carbons (Fsp3) is 0.500. The second kappa shape index (κ2) is 7.90. The third-order valence-electron chi connectivity index (χ3n) is 8.75. The van der Waals surface area contributed by atoms with Crippen molar-refractivity contribution in [1.29, 1.82) is 0 Å². The third kappa shape index (κ3) is 3.19. The number of ketones is 3. The monoisotopic (exact) mass is 506 g/mol. The van der Waals surface area contributed by atoms with Crippen molar-refractivity contribution in [3.05, 3.63) is 52.6 Å². The van der Waals surface area contributed by atoms with E-state index in [1.165, 1.54) is 0 Å². The number of phenols is 1. The third-order valence-corrected chi connectivity index (χ3v) is 8.75. The van der Waals surface area contributed by atoms with Crippen molar-refractivity contribution in [3.63, 3.8) is 0 Å². The zero-order valence-corrected chi connectivity index (χ0v) is 22.3. The fourth-order valence-electron chi connectivity index (χ4n) is 6.61. The number of hydrogen-bond acceptors (Lipinski definition) is 7. The Bertz CT molecular complexity index is 1340. The first-order chi connectivity index (χ1) is 17.2. The van der Waals surface area contributed by atoms with Gasteiger partial charge < -0.3 is 19.7 Å². The lowest BCUT2D eigenvalue weighted by Gasteiger charge is -2.58. The van der Waals surface area contributed by atoms with Crippen LogP contribution in [0.15, 0.2) is 30.3 Å². The van der Waals surface area contributed by atoms with Crippen LogP contribution in [0.4, 0.5) is 0 Å². The van der Waals surface area contributed by atoms with Gasteiger partial charge in [0.1, 0.15) is 28.9 Å². The first kappa shape index (κ1) is 25.5. The predicted octanol–water partition coefficient (Wildman–Crippen LogP) is 5.05. The van der Waals surface area contributed by atoms with Crippen molar-refractivity contribution in [3.8, 4) is 17.2 Å². The Hall–Kier alpha value is -3.19. The number of phenolic OH excluding ortho intramolecular Hbond substituents is 1. The van der Waals surface area contributed by atoms with E-state index in [0.29, 0.717) is 5.56 Å². The molecular weight excluding hydrogens is 472 g/mol. The van der Waals surface area contributed by atoms with E-state index in [1.54, 1.807) is 34.6 Å². The lowest BCUT2D eigenvalue weighted by molar-refractivity contribution is -0.264. The number of hydrogen-bond donors (Lipinski definition) is 2. The standard InChI is InChI=1S/C30H34O7/c1-14(2)19-21-24(37-30(35)22(19)26(33)28(4,5)27(34)29(30,6)7)15(3)23(32)20-17(31)13-18(36-25(20)21)16-11-9-8-10-12-16/h8-12,14,18-19,22,32,35H,13H2,1-7H3. The van der Waals surface area contributed by atoms with Gasteiger partial charge in [0.2, 0.25) is 5.79 Å². The number of aromatic hydroxyl groups is 1. The summed E-state index contributed by atoms with van der Waals surface area (Å²) in [6.45, 7) is 11.8. The van der Waals surface area contributed by atoms with Crippen molar-refractivity contribution in [2.45, 2.75) is 72.7 Å². The molecule has 2 aromatic rings. The summed E-state index contributed by atoms with van der Waals surface area (Å²) in [5.41, 5.74) is -1.14. The van der Waals surface area contributed by atoms with Crippen molar-refractivity contribution >= 4 is 17.3 Å². The minimum Gasteiger partial charge on any atom is -0.507 e. The summed E-state index contributed by atoms with van der Waals surface area (Å²) in [6, 6.07) is 9.35. The molecule has 37 heavy (non-hydrogen) atoms. The highest BCUT2D eigenvalue weighted by Gasteiger charge is 2.72. The molecule has 7 heteroatoms. The molecule has 4 unspecified atom stereocenters. The molecule has 1 fully saturated rings. The Kier molecular flexibility index (Phi) is 5.44. The Morgan fingerprint density at radius 1 is 1.00 bits per heavy atom. The fourth-order valence-corrected chi connectivity index (χ4v) is 6.61. The summed E-state index contributed by atoms with van der Waals surface area (Å²) in [5.74, 6) is -5.11. The number of rotatable bonds is 2. The second-order valence-electron chi connectivity index (χ2n) is 12.1. The van der Waals surface area contributed by atoms with E-state index < -0.39 is 46.1 Å². The molecule has 7 nitrogen and oxygen atoms in total. The molecule has 2 aliphatic heterocycles. The van der Waals surface area contributed by atoms with E-state index in [2.05, 4.69) is 0 Å². The van der Waals surface area contributed by atoms with Gasteiger partial charge in [0.05, 0.1) is 23.2 Å². The first-order valence-corrected chi connectivity index (χ1v) is 12.8. The van der Waals surface area contributed by atoms with Gasteiger partial charge in [-0.15, -0.1) is 0 Å². The maximum Gasteiger partial charge on any atom is 0.230 e. The number of fused-ring (bicyclic) bond motifs is 4. The summed E-state index contributed by atoms with van der Waals surface area (Å²) >= 11 is 0. The maximum absolute atomic E-state index is 14.0. The average molecular weight is 507 g/mol. The van der Waals surface area contributed by atoms with Crippen LogP contribution in [0.25, 0.3) is 0 Å². The topological polar surface area (TPSA) is 110 Å². The molecule has 5 rings (SSSR count). The zero-order chi connectivity index (χ0) is 27.2. The van der Waals surface area contributed by atoms with Gasteiger partial charge in [-0.1, -0.05) is 44.2 Å². The molecule has 0 amide bonds. The van der Waals surface area contributed by atoms with Crippen LogP contribution < -0.4 is 9.47 Å². The average Bonchev–Trinajstić information content (AvgIpc) is 2.84. The van der Waals surface area contributed by atoms with Crippen LogP contribution in [0.2, 0.25) is 0 Å². The minimum absolute atomic E-state index is 0.0524. The number of aliphatic hydroxyl groups is 1. The quantitative estimate of drug-likeness (QED) is 0.549. The lowest BCUT2D eigenvalue weighted by atomic mass is 9.51. The molecule has 196 valence electrons. The lowest BCUT2D eigenvalue weighted by Crippen LogP contribution is -2.72. The Labute approximate surface area is 216 Å². The van der Waals surface area contributed by atoms with Crippen LogP contribution in [0.5, 0.6) is 17.2 Å². The second-order valence-corrected chi connectivity index (χ2v) is 12.1. The van der Waals surface area contributed by atoms with Crippen LogP contribution in [0.1, 0.15) is 87.0 Å². The molecule has 2 aromatic carbocycles. The predicted molar refractivity (Wildman–Crippen MR) is 136 cm³/mol. The van der Waals surface area contributed by atoms with Gasteiger partial charge in [0.25, 0.3) is 0 Å². The van der Waals surface area contributed by atoms with Gasteiger partial charge in [-0.25, -0.2) is 0 Å². The molecule has 0 spiro atoms. The molecule has 0 aromatic heterocycles. The van der Waals surface area contributed by atoms with Gasteiger partial charge in [-0.2, -0.15) is 0 Å². The van der Waals surface area contributed by atoms with Gasteiger partial charge in [-0.05, 0) is 46.1 Å². The largest absolute Gasteiger partial charge is 0.507 e. The van der Waals surface area contributed by atoms with Crippen molar-refractivity contribution in [2.75, 3.05) is 0 Å². The van der Waals surface area contributed by atoms with Crippen LogP contribution in [0.3, 0.4) is 0 Å². The maximum atomic E-state index is 14.0.